The summed E-state index contributed by atoms with van der Waals surface area (Å²) in [7, 11) is 0. The molecule has 1 aliphatic heterocycles. The summed E-state index contributed by atoms with van der Waals surface area (Å²) in [6.45, 7) is 11.3. The first-order chi connectivity index (χ1) is 8.43. The van der Waals surface area contributed by atoms with E-state index in [1.165, 1.54) is 22.3 Å². The predicted molar refractivity (Wildman–Crippen MR) is 73.9 cm³/mol. The summed E-state index contributed by atoms with van der Waals surface area (Å²) in [6.07, 6.45) is 0.495. The Bertz CT molecular complexity index is 425. The smallest absolute Gasteiger partial charge is 0.106 e. The van der Waals surface area contributed by atoms with Crippen LogP contribution < -0.4 is 0 Å². The molecule has 1 N–H and O–H groups in total. The second-order valence-corrected chi connectivity index (χ2v) is 5.72. The Morgan fingerprint density at radius 3 is 2.17 bits per heavy atom. The molecule has 0 radical (unpaired) electrons. The molecule has 1 fully saturated rings. The summed E-state index contributed by atoms with van der Waals surface area (Å²) in [6, 6.07) is 2.19. The van der Waals surface area contributed by atoms with Crippen molar-refractivity contribution in [2.24, 2.45) is 5.92 Å². The molecule has 0 spiro atoms. The van der Waals surface area contributed by atoms with Crippen LogP contribution in [0.15, 0.2) is 6.07 Å². The van der Waals surface area contributed by atoms with Gasteiger partial charge in [0.1, 0.15) is 6.10 Å². The van der Waals surface area contributed by atoms with Crippen molar-refractivity contribution in [3.05, 3.63) is 33.9 Å². The number of benzene rings is 1. The van der Waals surface area contributed by atoms with Crippen molar-refractivity contribution in [2.75, 3.05) is 6.61 Å². The molecule has 0 bridgehead atoms. The largest absolute Gasteiger partial charge is 0.386 e. The number of aryl methyl sites for hydroxylation is 2. The van der Waals surface area contributed by atoms with Crippen LogP contribution in [0.3, 0.4) is 0 Å². The van der Waals surface area contributed by atoms with Crippen LogP contribution in [0.4, 0.5) is 0 Å². The third-order valence-electron chi connectivity index (χ3n) is 4.48. The quantitative estimate of drug-likeness (QED) is 0.869. The van der Waals surface area contributed by atoms with Gasteiger partial charge in [-0.2, -0.15) is 0 Å². The van der Waals surface area contributed by atoms with Crippen molar-refractivity contribution in [3.63, 3.8) is 0 Å². The fraction of sp³-hybridized carbons (Fsp3) is 0.625. The van der Waals surface area contributed by atoms with E-state index in [4.69, 9.17) is 4.74 Å². The Morgan fingerprint density at radius 2 is 1.72 bits per heavy atom. The van der Waals surface area contributed by atoms with Crippen molar-refractivity contribution in [1.29, 1.82) is 0 Å². The second kappa shape index (κ2) is 5.02. The Labute approximate surface area is 110 Å². The highest BCUT2D eigenvalue weighted by Gasteiger charge is 2.33. The molecule has 18 heavy (non-hydrogen) atoms. The van der Waals surface area contributed by atoms with E-state index in [2.05, 4.69) is 40.7 Å². The zero-order chi connectivity index (χ0) is 13.4. The molecule has 0 amide bonds. The number of ether oxygens (including phenoxy) is 1. The molecule has 0 aliphatic carbocycles. The van der Waals surface area contributed by atoms with E-state index in [0.29, 0.717) is 5.92 Å². The molecular weight excluding hydrogens is 224 g/mol. The molecule has 2 nitrogen and oxygen atoms in total. The summed E-state index contributed by atoms with van der Waals surface area (Å²) in [5.74, 6) is 0.430. The molecule has 1 heterocycles. The van der Waals surface area contributed by atoms with Gasteiger partial charge in [0.15, 0.2) is 0 Å². The molecule has 0 aromatic heterocycles. The highest BCUT2D eigenvalue weighted by atomic mass is 16.5. The summed E-state index contributed by atoms with van der Waals surface area (Å²) >= 11 is 0. The maximum atomic E-state index is 10.7. The van der Waals surface area contributed by atoms with Crippen LogP contribution in [0.2, 0.25) is 0 Å². The van der Waals surface area contributed by atoms with Gasteiger partial charge in [-0.25, -0.2) is 0 Å². The SMILES string of the molecule is Cc1cc(C)c(C)c(C(O)C2OCCC2C)c1C. The number of hydrogen-bond donors (Lipinski definition) is 1. The molecule has 3 atom stereocenters. The first-order valence-corrected chi connectivity index (χ1v) is 6.80. The van der Waals surface area contributed by atoms with Gasteiger partial charge in [-0.1, -0.05) is 13.0 Å². The van der Waals surface area contributed by atoms with Crippen molar-refractivity contribution >= 4 is 0 Å². The van der Waals surface area contributed by atoms with Gasteiger partial charge < -0.3 is 9.84 Å². The van der Waals surface area contributed by atoms with Gasteiger partial charge in [0.2, 0.25) is 0 Å². The third kappa shape index (κ3) is 2.19. The average molecular weight is 248 g/mol. The number of aliphatic hydroxyl groups excluding tert-OH is 1. The molecule has 3 unspecified atom stereocenters. The molecular formula is C16H24O2. The lowest BCUT2D eigenvalue weighted by Crippen LogP contribution is -2.25. The van der Waals surface area contributed by atoms with Crippen LogP contribution in [0.25, 0.3) is 0 Å². The van der Waals surface area contributed by atoms with E-state index in [-0.39, 0.29) is 6.10 Å². The van der Waals surface area contributed by atoms with E-state index < -0.39 is 6.10 Å². The zero-order valence-corrected chi connectivity index (χ0v) is 12.1. The van der Waals surface area contributed by atoms with E-state index >= 15 is 0 Å². The Balaban J connectivity index is 2.44. The van der Waals surface area contributed by atoms with E-state index in [1.807, 2.05) is 0 Å². The van der Waals surface area contributed by atoms with E-state index in [0.717, 1.165) is 18.6 Å². The van der Waals surface area contributed by atoms with Crippen molar-refractivity contribution in [3.8, 4) is 0 Å². The van der Waals surface area contributed by atoms with Crippen molar-refractivity contribution in [2.45, 2.75) is 53.2 Å². The van der Waals surface area contributed by atoms with Gasteiger partial charge in [0.05, 0.1) is 6.10 Å². The summed E-state index contributed by atoms with van der Waals surface area (Å²) < 4.78 is 5.72. The van der Waals surface area contributed by atoms with Gasteiger partial charge in [0, 0.05) is 6.61 Å². The van der Waals surface area contributed by atoms with Gasteiger partial charge >= 0.3 is 0 Å². The fourth-order valence-electron chi connectivity index (χ4n) is 2.98. The van der Waals surface area contributed by atoms with Gasteiger partial charge in [0.25, 0.3) is 0 Å². The van der Waals surface area contributed by atoms with Crippen LogP contribution in [-0.2, 0) is 4.74 Å². The van der Waals surface area contributed by atoms with Gasteiger partial charge in [-0.15, -0.1) is 0 Å². The molecule has 2 rings (SSSR count). The highest BCUT2D eigenvalue weighted by molar-refractivity contribution is 5.45. The molecule has 1 saturated heterocycles. The lowest BCUT2D eigenvalue weighted by atomic mass is 9.86. The van der Waals surface area contributed by atoms with E-state index in [1.54, 1.807) is 0 Å². The lowest BCUT2D eigenvalue weighted by Gasteiger charge is -2.26. The summed E-state index contributed by atoms with van der Waals surface area (Å²) in [4.78, 5) is 0. The average Bonchev–Trinajstić information content (AvgIpc) is 2.73. The summed E-state index contributed by atoms with van der Waals surface area (Å²) in [5, 5.41) is 10.7. The lowest BCUT2D eigenvalue weighted by molar-refractivity contribution is -0.0184. The van der Waals surface area contributed by atoms with Crippen LogP contribution >= 0.6 is 0 Å². The molecule has 100 valence electrons. The topological polar surface area (TPSA) is 29.5 Å². The maximum absolute atomic E-state index is 10.7. The minimum absolute atomic E-state index is 0.0522. The standard InChI is InChI=1S/C16H24O2/c1-9-6-7-18-16(9)15(17)14-12(4)10(2)8-11(3)13(14)5/h8-9,15-17H,6-7H2,1-5H3. The molecule has 1 aromatic carbocycles. The summed E-state index contributed by atoms with van der Waals surface area (Å²) in [5.41, 5.74) is 5.98. The molecule has 1 aliphatic rings. The zero-order valence-electron chi connectivity index (χ0n) is 12.1. The molecule has 1 aromatic rings. The normalized spacial score (nSPS) is 25.4. The Hall–Kier alpha value is -0.860. The maximum Gasteiger partial charge on any atom is 0.106 e. The van der Waals surface area contributed by atoms with Crippen LogP contribution in [-0.4, -0.2) is 17.8 Å². The Kier molecular flexibility index (Phi) is 3.79. The monoisotopic (exact) mass is 248 g/mol. The van der Waals surface area contributed by atoms with Crippen LogP contribution in [0.1, 0.15) is 47.3 Å². The highest BCUT2D eigenvalue weighted by Crippen LogP contribution is 2.35. The minimum Gasteiger partial charge on any atom is -0.386 e. The molecule has 0 saturated carbocycles. The van der Waals surface area contributed by atoms with Crippen LogP contribution in [0, 0.1) is 33.6 Å². The number of rotatable bonds is 2. The van der Waals surface area contributed by atoms with E-state index in [9.17, 15) is 5.11 Å². The first kappa shape index (κ1) is 13.6. The number of aliphatic hydroxyl groups is 1. The second-order valence-electron chi connectivity index (χ2n) is 5.72. The van der Waals surface area contributed by atoms with Gasteiger partial charge in [-0.05, 0) is 67.9 Å². The van der Waals surface area contributed by atoms with Crippen molar-refractivity contribution < 1.29 is 9.84 Å². The van der Waals surface area contributed by atoms with Crippen LogP contribution in [0.5, 0.6) is 0 Å². The van der Waals surface area contributed by atoms with Crippen molar-refractivity contribution in [1.82, 2.24) is 0 Å². The van der Waals surface area contributed by atoms with Gasteiger partial charge in [-0.3, -0.25) is 0 Å². The fourth-order valence-corrected chi connectivity index (χ4v) is 2.98. The molecule has 2 heteroatoms. The predicted octanol–water partition coefficient (Wildman–Crippen LogP) is 3.38. The Morgan fingerprint density at radius 1 is 1.17 bits per heavy atom. The minimum atomic E-state index is -0.499. The first-order valence-electron chi connectivity index (χ1n) is 6.80. The number of hydrogen-bond acceptors (Lipinski definition) is 2. The third-order valence-corrected chi connectivity index (χ3v) is 4.48.